The summed E-state index contributed by atoms with van der Waals surface area (Å²) < 4.78 is 0. The van der Waals surface area contributed by atoms with Gasteiger partial charge in [0.05, 0.1) is 11.7 Å². The van der Waals surface area contributed by atoms with Gasteiger partial charge in [-0.15, -0.1) is 0 Å². The van der Waals surface area contributed by atoms with Crippen LogP contribution in [0.2, 0.25) is 0 Å². The van der Waals surface area contributed by atoms with E-state index in [0.717, 1.165) is 31.9 Å². The van der Waals surface area contributed by atoms with Crippen molar-refractivity contribution in [2.24, 2.45) is 0 Å². The fraction of sp³-hybridized carbons (Fsp3) is 0.474. The molecule has 23 heavy (non-hydrogen) atoms. The quantitative estimate of drug-likeness (QED) is 0.853. The lowest BCUT2D eigenvalue weighted by atomic mass is 9.98. The molecule has 0 amide bonds. The molecular formula is C19H24N4. The average Bonchev–Trinajstić information content (AvgIpc) is 3.04. The second kappa shape index (κ2) is 5.93. The van der Waals surface area contributed by atoms with Crippen molar-refractivity contribution in [2.75, 3.05) is 25.0 Å². The second-order valence-corrected chi connectivity index (χ2v) is 6.82. The minimum absolute atomic E-state index is 0.447. The molecule has 3 heterocycles. The number of fused-ring (bicyclic) bond motifs is 1. The van der Waals surface area contributed by atoms with Crippen LogP contribution in [-0.4, -0.2) is 35.0 Å². The first kappa shape index (κ1) is 14.6. The number of hydrogen-bond donors (Lipinski definition) is 0. The Hall–Kier alpha value is -1.94. The SMILES string of the molecule is Cc1ccccc1C1CCCN1c1ncnc2c1CN(C)CC2. The smallest absolute Gasteiger partial charge is 0.137 e. The van der Waals surface area contributed by atoms with Crippen LogP contribution in [-0.2, 0) is 13.0 Å². The van der Waals surface area contributed by atoms with E-state index in [1.807, 2.05) is 0 Å². The van der Waals surface area contributed by atoms with Gasteiger partial charge in [-0.3, -0.25) is 0 Å². The summed E-state index contributed by atoms with van der Waals surface area (Å²) in [5.74, 6) is 1.16. The first-order chi connectivity index (χ1) is 11.2. The minimum atomic E-state index is 0.447. The summed E-state index contributed by atoms with van der Waals surface area (Å²) in [6, 6.07) is 9.22. The number of anilines is 1. The molecule has 0 radical (unpaired) electrons. The number of hydrogen-bond acceptors (Lipinski definition) is 4. The summed E-state index contributed by atoms with van der Waals surface area (Å²) in [6.07, 6.45) is 5.23. The van der Waals surface area contributed by atoms with E-state index < -0.39 is 0 Å². The molecule has 0 aliphatic carbocycles. The summed E-state index contributed by atoms with van der Waals surface area (Å²) in [5, 5.41) is 0. The lowest BCUT2D eigenvalue weighted by molar-refractivity contribution is 0.309. The van der Waals surface area contributed by atoms with Crippen molar-refractivity contribution in [3.05, 3.63) is 53.0 Å². The molecule has 2 aliphatic heterocycles. The van der Waals surface area contributed by atoms with E-state index in [1.165, 1.54) is 35.2 Å². The fourth-order valence-corrected chi connectivity index (χ4v) is 4.01. The van der Waals surface area contributed by atoms with Gasteiger partial charge in [-0.05, 0) is 37.9 Å². The summed E-state index contributed by atoms with van der Waals surface area (Å²) >= 11 is 0. The molecule has 0 bridgehead atoms. The van der Waals surface area contributed by atoms with Crippen LogP contribution in [0.25, 0.3) is 0 Å². The van der Waals surface area contributed by atoms with Gasteiger partial charge < -0.3 is 9.80 Å². The zero-order valence-electron chi connectivity index (χ0n) is 14.0. The highest BCUT2D eigenvalue weighted by molar-refractivity contribution is 5.53. The van der Waals surface area contributed by atoms with E-state index in [0.29, 0.717) is 6.04 Å². The van der Waals surface area contributed by atoms with E-state index in [2.05, 4.69) is 53.0 Å². The molecule has 2 aliphatic rings. The zero-order chi connectivity index (χ0) is 15.8. The van der Waals surface area contributed by atoms with Gasteiger partial charge in [0.1, 0.15) is 12.1 Å². The van der Waals surface area contributed by atoms with Crippen LogP contribution in [0, 0.1) is 6.92 Å². The summed E-state index contributed by atoms with van der Waals surface area (Å²) in [7, 11) is 2.18. The summed E-state index contributed by atoms with van der Waals surface area (Å²) in [4.78, 5) is 14.1. The van der Waals surface area contributed by atoms with Crippen molar-refractivity contribution in [3.63, 3.8) is 0 Å². The highest BCUT2D eigenvalue weighted by Gasteiger charge is 2.31. The van der Waals surface area contributed by atoms with Crippen LogP contribution < -0.4 is 4.90 Å². The monoisotopic (exact) mass is 308 g/mol. The summed E-state index contributed by atoms with van der Waals surface area (Å²) in [6.45, 7) is 5.36. The van der Waals surface area contributed by atoms with Gasteiger partial charge in [0.15, 0.2) is 0 Å². The molecule has 2 aromatic rings. The number of nitrogens with zero attached hydrogens (tertiary/aromatic N) is 4. The van der Waals surface area contributed by atoms with Gasteiger partial charge >= 0.3 is 0 Å². The van der Waals surface area contributed by atoms with Crippen molar-refractivity contribution in [1.29, 1.82) is 0 Å². The van der Waals surface area contributed by atoms with E-state index in [4.69, 9.17) is 4.98 Å². The number of benzene rings is 1. The topological polar surface area (TPSA) is 32.3 Å². The summed E-state index contributed by atoms with van der Waals surface area (Å²) in [5.41, 5.74) is 5.40. The van der Waals surface area contributed by atoms with Crippen molar-refractivity contribution in [2.45, 2.75) is 38.8 Å². The molecule has 4 nitrogen and oxygen atoms in total. The number of rotatable bonds is 2. The van der Waals surface area contributed by atoms with Crippen molar-refractivity contribution in [1.82, 2.24) is 14.9 Å². The predicted molar refractivity (Wildman–Crippen MR) is 92.6 cm³/mol. The highest BCUT2D eigenvalue weighted by Crippen LogP contribution is 2.39. The Morgan fingerprint density at radius 2 is 2.00 bits per heavy atom. The molecule has 120 valence electrons. The number of aromatic nitrogens is 2. The van der Waals surface area contributed by atoms with Gasteiger partial charge in [-0.1, -0.05) is 24.3 Å². The average molecular weight is 308 g/mol. The van der Waals surface area contributed by atoms with Gasteiger partial charge in [0.25, 0.3) is 0 Å². The lowest BCUT2D eigenvalue weighted by Crippen LogP contribution is -2.32. The van der Waals surface area contributed by atoms with Crippen molar-refractivity contribution in [3.8, 4) is 0 Å². The van der Waals surface area contributed by atoms with Crippen molar-refractivity contribution < 1.29 is 0 Å². The molecule has 0 N–H and O–H groups in total. The van der Waals surface area contributed by atoms with Crippen molar-refractivity contribution >= 4 is 5.82 Å². The molecule has 0 spiro atoms. The maximum absolute atomic E-state index is 4.70. The van der Waals surface area contributed by atoms with Gasteiger partial charge in [-0.25, -0.2) is 9.97 Å². The maximum Gasteiger partial charge on any atom is 0.137 e. The van der Waals surface area contributed by atoms with Crippen LogP contribution in [0.1, 0.15) is 41.3 Å². The molecule has 1 saturated heterocycles. The Balaban J connectivity index is 1.74. The van der Waals surface area contributed by atoms with Gasteiger partial charge in [0, 0.05) is 31.6 Å². The first-order valence-corrected chi connectivity index (χ1v) is 8.57. The lowest BCUT2D eigenvalue weighted by Gasteiger charge is -2.32. The number of aryl methyl sites for hydroxylation is 1. The third kappa shape index (κ3) is 2.61. The molecule has 1 unspecified atom stereocenters. The van der Waals surface area contributed by atoms with Crippen LogP contribution in [0.3, 0.4) is 0 Å². The Morgan fingerprint density at radius 1 is 1.13 bits per heavy atom. The van der Waals surface area contributed by atoms with Crippen LogP contribution in [0.4, 0.5) is 5.82 Å². The zero-order valence-corrected chi connectivity index (χ0v) is 14.0. The fourth-order valence-electron chi connectivity index (χ4n) is 4.01. The van der Waals surface area contributed by atoms with E-state index in [1.54, 1.807) is 6.33 Å². The van der Waals surface area contributed by atoms with E-state index in [-0.39, 0.29) is 0 Å². The Morgan fingerprint density at radius 3 is 2.87 bits per heavy atom. The van der Waals surface area contributed by atoms with Gasteiger partial charge in [-0.2, -0.15) is 0 Å². The molecule has 1 aromatic carbocycles. The third-order valence-electron chi connectivity index (χ3n) is 5.24. The molecule has 1 aromatic heterocycles. The molecule has 1 atom stereocenters. The van der Waals surface area contributed by atoms with E-state index >= 15 is 0 Å². The molecule has 4 rings (SSSR count). The second-order valence-electron chi connectivity index (χ2n) is 6.82. The predicted octanol–water partition coefficient (Wildman–Crippen LogP) is 3.11. The Kier molecular flexibility index (Phi) is 3.77. The normalized spacial score (nSPS) is 21.5. The van der Waals surface area contributed by atoms with Crippen LogP contribution in [0.5, 0.6) is 0 Å². The standard InChI is InChI=1S/C19H24N4/c1-14-6-3-4-7-15(14)18-8-5-10-23(18)19-16-12-22(2)11-9-17(16)20-13-21-19/h3-4,6-7,13,18H,5,8-12H2,1-2H3. The Labute approximate surface area is 138 Å². The number of likely N-dealkylation sites (N-methyl/N-ethyl adjacent to an activating group) is 1. The largest absolute Gasteiger partial charge is 0.349 e. The minimum Gasteiger partial charge on any atom is -0.349 e. The Bertz CT molecular complexity index is 712. The van der Waals surface area contributed by atoms with Crippen LogP contribution >= 0.6 is 0 Å². The molecular weight excluding hydrogens is 284 g/mol. The first-order valence-electron chi connectivity index (χ1n) is 8.57. The molecule has 0 saturated carbocycles. The van der Waals surface area contributed by atoms with Gasteiger partial charge in [0.2, 0.25) is 0 Å². The molecule has 4 heteroatoms. The molecule has 1 fully saturated rings. The van der Waals surface area contributed by atoms with E-state index in [9.17, 15) is 0 Å². The maximum atomic E-state index is 4.70. The third-order valence-corrected chi connectivity index (χ3v) is 5.24. The van der Waals surface area contributed by atoms with Crippen LogP contribution in [0.15, 0.2) is 30.6 Å². The highest BCUT2D eigenvalue weighted by atomic mass is 15.2.